The molecule has 1 N–H and O–H groups in total. The lowest BCUT2D eigenvalue weighted by atomic mass is 9.85. The lowest BCUT2D eigenvalue weighted by Gasteiger charge is -2.24. The van der Waals surface area contributed by atoms with Gasteiger partial charge in [-0.3, -0.25) is 0 Å². The summed E-state index contributed by atoms with van der Waals surface area (Å²) in [6.45, 7) is 6.53. The van der Waals surface area contributed by atoms with Crippen molar-refractivity contribution in [1.82, 2.24) is 0 Å². The summed E-state index contributed by atoms with van der Waals surface area (Å²) in [4.78, 5) is 0. The van der Waals surface area contributed by atoms with E-state index in [4.69, 9.17) is 0 Å². The van der Waals surface area contributed by atoms with Gasteiger partial charge in [0.25, 0.3) is 0 Å². The van der Waals surface area contributed by atoms with Crippen molar-refractivity contribution < 1.29 is 5.11 Å². The largest absolute Gasteiger partial charge is 0.388 e. The van der Waals surface area contributed by atoms with E-state index in [2.05, 4.69) is 57.2 Å². The summed E-state index contributed by atoms with van der Waals surface area (Å²) < 4.78 is 0. The van der Waals surface area contributed by atoms with Crippen LogP contribution in [0.5, 0.6) is 0 Å². The van der Waals surface area contributed by atoms with Gasteiger partial charge in [0.2, 0.25) is 0 Å². The minimum absolute atomic E-state index is 0.347. The maximum Gasteiger partial charge on any atom is 0.0824 e. The van der Waals surface area contributed by atoms with Crippen LogP contribution in [0.1, 0.15) is 56.8 Å². The smallest absolute Gasteiger partial charge is 0.0824 e. The Morgan fingerprint density at radius 2 is 1.50 bits per heavy atom. The average Bonchev–Trinajstić information content (AvgIpc) is 2.47. The highest BCUT2D eigenvalue weighted by atomic mass is 16.3. The number of fused-ring (bicyclic) bond motifs is 1. The van der Waals surface area contributed by atoms with Gasteiger partial charge in [-0.25, -0.2) is 0 Å². The highest BCUT2D eigenvalue weighted by Gasteiger charge is 2.21. The van der Waals surface area contributed by atoms with E-state index in [1.165, 1.54) is 16.3 Å². The lowest BCUT2D eigenvalue weighted by Crippen LogP contribution is -2.13. The van der Waals surface area contributed by atoms with Crippen LogP contribution in [-0.4, -0.2) is 5.11 Å². The summed E-state index contributed by atoms with van der Waals surface area (Å²) >= 11 is 0. The van der Waals surface area contributed by atoms with Crippen LogP contribution in [0.4, 0.5) is 0 Å². The first-order chi connectivity index (χ1) is 9.69. The van der Waals surface area contributed by atoms with Crippen molar-refractivity contribution in [2.24, 2.45) is 5.92 Å². The van der Waals surface area contributed by atoms with Crippen LogP contribution in [0.15, 0.2) is 36.4 Å². The minimum atomic E-state index is -0.347. The number of benzene rings is 2. The van der Waals surface area contributed by atoms with Gasteiger partial charge >= 0.3 is 0 Å². The van der Waals surface area contributed by atoms with Crippen LogP contribution in [-0.2, 0) is 0 Å². The third-order valence-corrected chi connectivity index (χ3v) is 4.26. The molecule has 2 aromatic carbocycles. The van der Waals surface area contributed by atoms with Crippen LogP contribution in [0.3, 0.4) is 0 Å². The molecule has 1 unspecified atom stereocenters. The molecule has 0 aliphatic rings. The van der Waals surface area contributed by atoms with Gasteiger partial charge in [0.1, 0.15) is 0 Å². The summed E-state index contributed by atoms with van der Waals surface area (Å²) in [7, 11) is 0. The fourth-order valence-electron chi connectivity index (χ4n) is 3.19. The minimum Gasteiger partial charge on any atom is -0.388 e. The lowest BCUT2D eigenvalue weighted by molar-refractivity contribution is 0.0978. The van der Waals surface area contributed by atoms with E-state index in [9.17, 15) is 5.11 Å². The molecule has 0 heterocycles. The molecule has 2 rings (SSSR count). The molecular weight excluding hydrogens is 244 g/mol. The quantitative estimate of drug-likeness (QED) is 0.745. The van der Waals surface area contributed by atoms with Crippen molar-refractivity contribution in [2.45, 2.75) is 52.6 Å². The number of aliphatic hydroxyl groups is 1. The highest BCUT2D eigenvalue weighted by molar-refractivity contribution is 5.88. The van der Waals surface area contributed by atoms with E-state index < -0.39 is 0 Å². The third-order valence-electron chi connectivity index (χ3n) is 4.26. The molecule has 1 heteroatoms. The van der Waals surface area contributed by atoms with Crippen LogP contribution < -0.4 is 0 Å². The standard InChI is InChI=1S/C19H26O/c1-4-8-15(9-5-2)19(20)18-13-12-14(3)16-10-6-7-11-17(16)18/h6-7,10-13,15,19-20H,4-5,8-9H2,1-3H3. The highest BCUT2D eigenvalue weighted by Crippen LogP contribution is 2.34. The summed E-state index contributed by atoms with van der Waals surface area (Å²) in [5.74, 6) is 0.371. The molecule has 0 fully saturated rings. The van der Waals surface area contributed by atoms with E-state index in [-0.39, 0.29) is 6.10 Å². The zero-order valence-electron chi connectivity index (χ0n) is 12.9. The van der Waals surface area contributed by atoms with Crippen molar-refractivity contribution in [3.63, 3.8) is 0 Å². The second-order valence-corrected chi connectivity index (χ2v) is 5.80. The van der Waals surface area contributed by atoms with Gasteiger partial charge in [0, 0.05) is 0 Å². The van der Waals surface area contributed by atoms with Gasteiger partial charge in [-0.1, -0.05) is 63.1 Å². The summed E-state index contributed by atoms with van der Waals surface area (Å²) in [6.07, 6.45) is 4.10. The van der Waals surface area contributed by atoms with Gasteiger partial charge in [0.15, 0.2) is 0 Å². The molecule has 0 bridgehead atoms. The molecule has 0 amide bonds. The first-order valence-corrected chi connectivity index (χ1v) is 7.85. The Balaban J connectivity index is 2.43. The summed E-state index contributed by atoms with van der Waals surface area (Å²) in [6, 6.07) is 12.7. The number of aryl methyl sites for hydroxylation is 1. The second kappa shape index (κ2) is 6.90. The summed E-state index contributed by atoms with van der Waals surface area (Å²) in [5.41, 5.74) is 2.37. The molecule has 108 valence electrons. The van der Waals surface area contributed by atoms with E-state index in [1.807, 2.05) is 0 Å². The molecule has 1 nitrogen and oxygen atoms in total. The van der Waals surface area contributed by atoms with Crippen LogP contribution >= 0.6 is 0 Å². The number of hydrogen-bond donors (Lipinski definition) is 1. The number of hydrogen-bond acceptors (Lipinski definition) is 1. The maximum absolute atomic E-state index is 10.8. The van der Waals surface area contributed by atoms with Crippen molar-refractivity contribution >= 4 is 10.8 Å². The first-order valence-electron chi connectivity index (χ1n) is 7.85. The van der Waals surface area contributed by atoms with Crippen molar-refractivity contribution in [3.05, 3.63) is 47.5 Å². The van der Waals surface area contributed by atoms with Gasteiger partial charge in [-0.05, 0) is 47.6 Å². The molecule has 0 aliphatic carbocycles. The topological polar surface area (TPSA) is 20.2 Å². The maximum atomic E-state index is 10.8. The Morgan fingerprint density at radius 1 is 0.900 bits per heavy atom. The first kappa shape index (κ1) is 15.1. The van der Waals surface area contributed by atoms with Gasteiger partial charge < -0.3 is 5.11 Å². The van der Waals surface area contributed by atoms with Crippen molar-refractivity contribution in [3.8, 4) is 0 Å². The van der Waals surface area contributed by atoms with Crippen molar-refractivity contribution in [2.75, 3.05) is 0 Å². The second-order valence-electron chi connectivity index (χ2n) is 5.80. The fraction of sp³-hybridized carbons (Fsp3) is 0.474. The molecule has 0 aromatic heterocycles. The number of aliphatic hydroxyl groups excluding tert-OH is 1. The zero-order valence-corrected chi connectivity index (χ0v) is 12.9. The Morgan fingerprint density at radius 3 is 2.10 bits per heavy atom. The molecule has 0 aliphatic heterocycles. The molecule has 1 atom stereocenters. The number of rotatable bonds is 6. The molecular formula is C19H26O. The van der Waals surface area contributed by atoms with Crippen LogP contribution in [0, 0.1) is 12.8 Å². The Hall–Kier alpha value is -1.34. The van der Waals surface area contributed by atoms with Crippen molar-refractivity contribution in [1.29, 1.82) is 0 Å². The van der Waals surface area contributed by atoms with E-state index in [1.54, 1.807) is 0 Å². The van der Waals surface area contributed by atoms with E-state index in [0.29, 0.717) is 5.92 Å². The molecule has 2 aromatic rings. The zero-order chi connectivity index (χ0) is 14.5. The normalized spacial score (nSPS) is 13.1. The van der Waals surface area contributed by atoms with E-state index >= 15 is 0 Å². The summed E-state index contributed by atoms with van der Waals surface area (Å²) in [5, 5.41) is 13.3. The molecule has 0 saturated heterocycles. The van der Waals surface area contributed by atoms with Gasteiger partial charge in [-0.2, -0.15) is 0 Å². The third kappa shape index (κ3) is 3.04. The average molecular weight is 270 g/mol. The molecule has 20 heavy (non-hydrogen) atoms. The predicted octanol–water partition coefficient (Wildman–Crippen LogP) is 5.40. The molecule has 0 saturated carbocycles. The molecule has 0 spiro atoms. The van der Waals surface area contributed by atoms with E-state index in [0.717, 1.165) is 31.2 Å². The predicted molar refractivity (Wildman–Crippen MR) is 87.0 cm³/mol. The van der Waals surface area contributed by atoms with Crippen LogP contribution in [0.25, 0.3) is 10.8 Å². The Bertz CT molecular complexity index is 553. The van der Waals surface area contributed by atoms with Crippen LogP contribution in [0.2, 0.25) is 0 Å². The van der Waals surface area contributed by atoms with Gasteiger partial charge in [0.05, 0.1) is 6.10 Å². The Labute approximate surface area is 122 Å². The fourth-order valence-corrected chi connectivity index (χ4v) is 3.19. The Kier molecular flexibility index (Phi) is 5.19. The SMILES string of the molecule is CCCC(CCC)C(O)c1ccc(C)c2ccccc12. The molecule has 0 radical (unpaired) electrons. The van der Waals surface area contributed by atoms with Gasteiger partial charge in [-0.15, -0.1) is 0 Å². The monoisotopic (exact) mass is 270 g/mol.